The third kappa shape index (κ3) is 4.33. The molecular formula is C21H18O14. The number of fused-ring (bicyclic) bond motifs is 1. The van der Waals surface area contributed by atoms with E-state index in [1.165, 1.54) is 6.07 Å². The second-order valence-corrected chi connectivity index (χ2v) is 7.48. The van der Waals surface area contributed by atoms with E-state index < -0.39 is 71.2 Å². The summed E-state index contributed by atoms with van der Waals surface area (Å²) in [5.74, 6) is -3.33. The van der Waals surface area contributed by atoms with Gasteiger partial charge in [0.1, 0.15) is 40.8 Å². The van der Waals surface area contributed by atoms with Gasteiger partial charge in [-0.3, -0.25) is 9.53 Å². The van der Waals surface area contributed by atoms with Crippen LogP contribution in [-0.4, -0.2) is 77.9 Å². The Morgan fingerprint density at radius 3 is 2.23 bits per heavy atom. The van der Waals surface area contributed by atoms with E-state index >= 15 is 0 Å². The Hall–Kier alpha value is -4.24. The van der Waals surface area contributed by atoms with Crippen molar-refractivity contribution in [3.63, 3.8) is 0 Å². The third-order valence-electron chi connectivity index (χ3n) is 5.14. The Morgan fingerprint density at radius 2 is 1.57 bits per heavy atom. The van der Waals surface area contributed by atoms with Crippen LogP contribution in [0.15, 0.2) is 39.5 Å². The van der Waals surface area contributed by atoms with Crippen LogP contribution in [-0.2, 0) is 9.47 Å². The zero-order valence-electron chi connectivity index (χ0n) is 17.3. The minimum absolute atomic E-state index is 0.0400. The summed E-state index contributed by atoms with van der Waals surface area (Å²) < 4.78 is 20.1. The van der Waals surface area contributed by atoms with Crippen LogP contribution < -0.4 is 10.2 Å². The van der Waals surface area contributed by atoms with Crippen LogP contribution in [0, 0.1) is 0 Å². The quantitative estimate of drug-likeness (QED) is 0.225. The van der Waals surface area contributed by atoms with Gasteiger partial charge in [0.2, 0.25) is 23.8 Å². The van der Waals surface area contributed by atoms with Crippen LogP contribution in [0.5, 0.6) is 28.7 Å². The fraction of sp³-hybridized carbons (Fsp3) is 0.238. The topological polar surface area (TPSA) is 237 Å². The maximum atomic E-state index is 12.5. The number of ether oxygens (including phenoxy) is 3. The van der Waals surface area contributed by atoms with Gasteiger partial charge in [-0.25, -0.2) is 4.79 Å². The molecule has 0 saturated carbocycles. The molecule has 1 aromatic heterocycles. The van der Waals surface area contributed by atoms with Crippen LogP contribution >= 0.6 is 0 Å². The number of hydrogen-bond acceptors (Lipinski definition) is 13. The van der Waals surface area contributed by atoms with Gasteiger partial charge >= 0.3 is 6.16 Å². The number of carboxylic acid groups (broad SMARTS) is 1. The van der Waals surface area contributed by atoms with Gasteiger partial charge in [0, 0.05) is 17.7 Å². The summed E-state index contributed by atoms with van der Waals surface area (Å²) in [6.45, 7) is 0. The first-order chi connectivity index (χ1) is 16.5. The fourth-order valence-corrected chi connectivity index (χ4v) is 3.47. The lowest BCUT2D eigenvalue weighted by Gasteiger charge is -2.38. The van der Waals surface area contributed by atoms with Gasteiger partial charge in [-0.2, -0.15) is 0 Å². The minimum Gasteiger partial charge on any atom is -0.508 e. The van der Waals surface area contributed by atoms with Crippen molar-refractivity contribution in [3.05, 3.63) is 40.6 Å². The van der Waals surface area contributed by atoms with Crippen LogP contribution in [0.25, 0.3) is 22.3 Å². The average Bonchev–Trinajstić information content (AvgIpc) is 2.78. The number of phenolic OH excluding ortho intramolecular Hbond substituents is 3. The summed E-state index contributed by atoms with van der Waals surface area (Å²) in [5.41, 5.74) is -1.30. The van der Waals surface area contributed by atoms with Gasteiger partial charge < -0.3 is 54.7 Å². The molecule has 8 N–H and O–H groups in total. The van der Waals surface area contributed by atoms with Crippen LogP contribution in [0.1, 0.15) is 0 Å². The lowest BCUT2D eigenvalue weighted by molar-refractivity contribution is -0.321. The normalized spacial score (nSPS) is 24.3. The van der Waals surface area contributed by atoms with Crippen molar-refractivity contribution in [2.75, 3.05) is 0 Å². The van der Waals surface area contributed by atoms with E-state index in [-0.39, 0.29) is 22.3 Å². The van der Waals surface area contributed by atoms with Crippen LogP contribution in [0.2, 0.25) is 0 Å². The van der Waals surface area contributed by atoms with E-state index in [4.69, 9.17) is 19.0 Å². The van der Waals surface area contributed by atoms with Crippen molar-refractivity contribution in [2.24, 2.45) is 0 Å². The molecule has 1 aliphatic rings. The molecule has 0 aliphatic carbocycles. The molecule has 5 atom stereocenters. The molecule has 0 spiro atoms. The van der Waals surface area contributed by atoms with Crippen molar-refractivity contribution < 1.29 is 64.3 Å². The van der Waals surface area contributed by atoms with Crippen LogP contribution in [0.4, 0.5) is 4.79 Å². The van der Waals surface area contributed by atoms with Gasteiger partial charge in [-0.05, 0) is 18.2 Å². The second-order valence-electron chi connectivity index (χ2n) is 7.48. The number of benzene rings is 2. The maximum Gasteiger partial charge on any atom is 0.508 e. The average molecular weight is 494 g/mol. The summed E-state index contributed by atoms with van der Waals surface area (Å²) in [5, 5.41) is 78.3. The van der Waals surface area contributed by atoms with E-state index in [1.807, 2.05) is 0 Å². The Morgan fingerprint density at radius 1 is 0.886 bits per heavy atom. The number of aliphatic hydroxyl groups is 3. The van der Waals surface area contributed by atoms with Crippen LogP contribution in [0.3, 0.4) is 0 Å². The highest BCUT2D eigenvalue weighted by molar-refractivity contribution is 5.88. The van der Waals surface area contributed by atoms with Crippen molar-refractivity contribution in [1.29, 1.82) is 0 Å². The molecule has 5 unspecified atom stereocenters. The first kappa shape index (κ1) is 23.9. The minimum atomic E-state index is -1.92. The van der Waals surface area contributed by atoms with Gasteiger partial charge in [-0.15, -0.1) is 0 Å². The molecule has 0 bridgehead atoms. The lowest BCUT2D eigenvalue weighted by atomic mass is 10.0. The second kappa shape index (κ2) is 8.84. The molecule has 186 valence electrons. The van der Waals surface area contributed by atoms with E-state index in [1.54, 1.807) is 0 Å². The molecule has 2 heterocycles. The number of rotatable bonds is 4. The van der Waals surface area contributed by atoms with Crippen molar-refractivity contribution in [1.82, 2.24) is 0 Å². The molecular weight excluding hydrogens is 476 g/mol. The highest BCUT2D eigenvalue weighted by atomic mass is 16.8. The molecule has 1 aliphatic heterocycles. The van der Waals surface area contributed by atoms with E-state index in [0.717, 1.165) is 24.3 Å². The Balaban J connectivity index is 1.66. The molecule has 14 nitrogen and oxygen atoms in total. The first-order valence-corrected chi connectivity index (χ1v) is 9.79. The summed E-state index contributed by atoms with van der Waals surface area (Å²) in [6.07, 6.45) is -11.2. The molecule has 2 aromatic carbocycles. The zero-order valence-corrected chi connectivity index (χ0v) is 17.3. The van der Waals surface area contributed by atoms with Crippen molar-refractivity contribution in [3.8, 4) is 40.1 Å². The molecule has 0 radical (unpaired) electrons. The molecule has 0 amide bonds. The monoisotopic (exact) mass is 494 g/mol. The molecule has 3 aromatic rings. The SMILES string of the molecule is O=C(O)OC1OC(Oc2ccc(-c3oc4cc(O)cc(O)c4c(=O)c3O)cc2O)C(O)C(O)C1O. The number of phenols is 3. The van der Waals surface area contributed by atoms with E-state index in [9.17, 15) is 45.3 Å². The standard InChI is InChI=1S/C21H18O14/c22-7-4-9(24)12-11(5-7)32-18(15(27)13(12)25)6-1-2-10(8(23)3-6)33-19-16(28)14(26)17(29)20(34-19)35-21(30)31/h1-5,14,16-17,19-20,22-24,26-29H,(H,30,31). The highest BCUT2D eigenvalue weighted by Gasteiger charge is 2.47. The molecule has 14 heteroatoms. The smallest absolute Gasteiger partial charge is 0.508 e. The number of hydrogen-bond donors (Lipinski definition) is 8. The van der Waals surface area contributed by atoms with Gasteiger partial charge in [-0.1, -0.05) is 0 Å². The summed E-state index contributed by atoms with van der Waals surface area (Å²) in [6, 6.07) is 5.24. The highest BCUT2D eigenvalue weighted by Crippen LogP contribution is 2.39. The predicted molar refractivity (Wildman–Crippen MR) is 111 cm³/mol. The Kier molecular flexibility index (Phi) is 6.04. The number of aliphatic hydroxyl groups excluding tert-OH is 3. The van der Waals surface area contributed by atoms with Gasteiger partial charge in [0.15, 0.2) is 17.3 Å². The molecule has 1 fully saturated rings. The lowest BCUT2D eigenvalue weighted by Crippen LogP contribution is -2.60. The predicted octanol–water partition coefficient (Wildman–Crippen LogP) is 0.121. The van der Waals surface area contributed by atoms with Crippen molar-refractivity contribution >= 4 is 17.1 Å². The number of carbonyl (C=O) groups is 1. The summed E-state index contributed by atoms with van der Waals surface area (Å²) in [4.78, 5) is 23.2. The Bertz CT molecular complexity index is 1350. The summed E-state index contributed by atoms with van der Waals surface area (Å²) in [7, 11) is 0. The van der Waals surface area contributed by atoms with E-state index in [2.05, 4.69) is 4.74 Å². The third-order valence-corrected chi connectivity index (χ3v) is 5.14. The zero-order chi connectivity index (χ0) is 25.6. The maximum absolute atomic E-state index is 12.5. The fourth-order valence-electron chi connectivity index (χ4n) is 3.47. The molecule has 35 heavy (non-hydrogen) atoms. The van der Waals surface area contributed by atoms with Gasteiger partial charge in [0.05, 0.1) is 0 Å². The van der Waals surface area contributed by atoms with E-state index in [0.29, 0.717) is 0 Å². The van der Waals surface area contributed by atoms with Crippen molar-refractivity contribution in [2.45, 2.75) is 30.9 Å². The Labute approximate surface area is 193 Å². The summed E-state index contributed by atoms with van der Waals surface area (Å²) >= 11 is 0. The largest absolute Gasteiger partial charge is 0.508 e. The van der Waals surface area contributed by atoms with Gasteiger partial charge in [0.25, 0.3) is 0 Å². The molecule has 4 rings (SSSR count). The number of aromatic hydroxyl groups is 4. The molecule has 1 saturated heterocycles. The first-order valence-electron chi connectivity index (χ1n) is 9.79.